The zero-order chi connectivity index (χ0) is 15.3. The Balaban J connectivity index is 0.00000242. The molecule has 3 unspecified atom stereocenters. The van der Waals surface area contributed by atoms with Crippen molar-refractivity contribution in [3.8, 4) is 0 Å². The topological polar surface area (TPSA) is 54.9 Å². The summed E-state index contributed by atoms with van der Waals surface area (Å²) in [5, 5.41) is 7.05. The highest BCUT2D eigenvalue weighted by Crippen LogP contribution is 2.57. The van der Waals surface area contributed by atoms with E-state index in [1.807, 2.05) is 0 Å². The van der Waals surface area contributed by atoms with Gasteiger partial charge in [0.25, 0.3) is 0 Å². The predicted molar refractivity (Wildman–Crippen MR) is 101 cm³/mol. The van der Waals surface area contributed by atoms with Crippen LogP contribution in [0.5, 0.6) is 0 Å². The van der Waals surface area contributed by atoms with E-state index in [4.69, 9.17) is 9.47 Å². The molecule has 5 nitrogen and oxygen atoms in total. The summed E-state index contributed by atoms with van der Waals surface area (Å²) in [6, 6.07) is 0.753. The Hall–Kier alpha value is -0.0800. The minimum Gasteiger partial charge on any atom is -0.383 e. The molecule has 1 spiro atoms. The third kappa shape index (κ3) is 4.26. The highest BCUT2D eigenvalue weighted by Gasteiger charge is 2.59. The van der Waals surface area contributed by atoms with Gasteiger partial charge < -0.3 is 20.1 Å². The van der Waals surface area contributed by atoms with E-state index in [2.05, 4.69) is 36.4 Å². The van der Waals surface area contributed by atoms with Crippen molar-refractivity contribution in [1.82, 2.24) is 10.6 Å². The van der Waals surface area contributed by atoms with Gasteiger partial charge in [-0.05, 0) is 40.0 Å². The van der Waals surface area contributed by atoms with E-state index in [1.54, 1.807) is 7.11 Å². The van der Waals surface area contributed by atoms with Gasteiger partial charge in [0.05, 0.1) is 12.7 Å². The monoisotopic (exact) mass is 425 g/mol. The molecule has 2 rings (SSSR count). The van der Waals surface area contributed by atoms with Gasteiger partial charge in [0.2, 0.25) is 0 Å². The van der Waals surface area contributed by atoms with Crippen molar-refractivity contribution in [2.45, 2.75) is 64.6 Å². The molecule has 0 bridgehead atoms. The van der Waals surface area contributed by atoms with Crippen molar-refractivity contribution < 1.29 is 9.47 Å². The molecule has 2 aliphatic carbocycles. The molecule has 0 aromatic carbocycles. The molecule has 0 aromatic heterocycles. The number of nitrogens with one attached hydrogen (secondary N) is 2. The molecular weight excluding hydrogens is 393 g/mol. The van der Waals surface area contributed by atoms with Crippen molar-refractivity contribution in [1.29, 1.82) is 0 Å². The van der Waals surface area contributed by atoms with E-state index >= 15 is 0 Å². The lowest BCUT2D eigenvalue weighted by Crippen LogP contribution is -2.69. The summed E-state index contributed by atoms with van der Waals surface area (Å²) in [4.78, 5) is 4.56. The van der Waals surface area contributed by atoms with E-state index in [0.29, 0.717) is 24.2 Å². The van der Waals surface area contributed by atoms with Gasteiger partial charge in [-0.1, -0.05) is 6.42 Å². The van der Waals surface area contributed by atoms with Crippen LogP contribution in [0, 0.1) is 5.41 Å². The first-order valence-corrected chi connectivity index (χ1v) is 8.34. The number of hydrogen-bond donors (Lipinski definition) is 2. The van der Waals surface area contributed by atoms with Crippen LogP contribution in [0.3, 0.4) is 0 Å². The summed E-state index contributed by atoms with van der Waals surface area (Å²) in [7, 11) is 1.73. The molecule has 3 atom stereocenters. The molecule has 130 valence electrons. The first kappa shape index (κ1) is 20.0. The second kappa shape index (κ2) is 9.27. The largest absolute Gasteiger partial charge is 0.383 e. The highest BCUT2D eigenvalue weighted by atomic mass is 127. The summed E-state index contributed by atoms with van der Waals surface area (Å²) in [5.41, 5.74) is 0.358. The minimum atomic E-state index is 0. The van der Waals surface area contributed by atoms with Crippen LogP contribution in [0.15, 0.2) is 4.99 Å². The van der Waals surface area contributed by atoms with Crippen molar-refractivity contribution in [2.75, 3.05) is 26.9 Å². The highest BCUT2D eigenvalue weighted by molar-refractivity contribution is 14.0. The van der Waals surface area contributed by atoms with Gasteiger partial charge in [-0.2, -0.15) is 0 Å². The molecule has 2 aliphatic rings. The number of aliphatic imine (C=N–C) groups is 1. The Kier molecular flexibility index (Phi) is 8.42. The zero-order valence-electron chi connectivity index (χ0n) is 14.4. The van der Waals surface area contributed by atoms with Gasteiger partial charge in [-0.15, -0.1) is 24.0 Å². The molecule has 0 saturated heterocycles. The number of rotatable bonds is 7. The fourth-order valence-corrected chi connectivity index (χ4v) is 3.62. The van der Waals surface area contributed by atoms with Crippen LogP contribution < -0.4 is 10.6 Å². The fraction of sp³-hybridized carbons (Fsp3) is 0.938. The van der Waals surface area contributed by atoms with Crippen molar-refractivity contribution in [3.63, 3.8) is 0 Å². The van der Waals surface area contributed by atoms with Gasteiger partial charge in [0.1, 0.15) is 0 Å². The molecule has 6 heteroatoms. The Morgan fingerprint density at radius 2 is 2.09 bits per heavy atom. The summed E-state index contributed by atoms with van der Waals surface area (Å²) >= 11 is 0. The zero-order valence-corrected chi connectivity index (χ0v) is 16.7. The molecule has 22 heavy (non-hydrogen) atoms. The lowest BCUT2D eigenvalue weighted by atomic mass is 9.51. The van der Waals surface area contributed by atoms with E-state index in [0.717, 1.165) is 25.5 Å². The maximum atomic E-state index is 5.91. The third-order valence-corrected chi connectivity index (χ3v) is 4.86. The SMILES string of the molecule is CCN=C(NC(C)COC)NC1CC(OCC)C12CCC2.I. The maximum absolute atomic E-state index is 5.91. The maximum Gasteiger partial charge on any atom is 0.191 e. The third-order valence-electron chi connectivity index (χ3n) is 4.86. The quantitative estimate of drug-likeness (QED) is 0.374. The number of hydrogen-bond acceptors (Lipinski definition) is 3. The second-order valence-electron chi connectivity index (χ2n) is 6.29. The number of halogens is 1. The Labute approximate surface area is 152 Å². The second-order valence-corrected chi connectivity index (χ2v) is 6.29. The van der Waals surface area contributed by atoms with Gasteiger partial charge in [0, 0.05) is 37.8 Å². The normalized spacial score (nSPS) is 27.4. The van der Waals surface area contributed by atoms with E-state index in [-0.39, 0.29) is 30.0 Å². The molecular formula is C16H32IN3O2. The molecule has 0 heterocycles. The van der Waals surface area contributed by atoms with E-state index < -0.39 is 0 Å². The van der Waals surface area contributed by atoms with Gasteiger partial charge in [-0.3, -0.25) is 4.99 Å². The lowest BCUT2D eigenvalue weighted by molar-refractivity contribution is -0.168. The van der Waals surface area contributed by atoms with Crippen LogP contribution in [-0.2, 0) is 9.47 Å². The average molecular weight is 425 g/mol. The lowest BCUT2D eigenvalue weighted by Gasteiger charge is -2.61. The first-order chi connectivity index (χ1) is 10.2. The van der Waals surface area contributed by atoms with Crippen LogP contribution >= 0.6 is 24.0 Å². The smallest absolute Gasteiger partial charge is 0.191 e. The summed E-state index contributed by atoms with van der Waals surface area (Å²) in [6.45, 7) is 8.54. The van der Waals surface area contributed by atoms with Crippen LogP contribution in [0.1, 0.15) is 46.5 Å². The Morgan fingerprint density at radius 3 is 2.59 bits per heavy atom. The molecule has 0 aromatic rings. The number of ether oxygens (including phenoxy) is 2. The number of nitrogens with zero attached hydrogens (tertiary/aromatic N) is 1. The van der Waals surface area contributed by atoms with Gasteiger partial charge >= 0.3 is 0 Å². The van der Waals surface area contributed by atoms with E-state index in [1.165, 1.54) is 19.3 Å². The first-order valence-electron chi connectivity index (χ1n) is 8.34. The average Bonchev–Trinajstić information content (AvgIpc) is 2.35. The van der Waals surface area contributed by atoms with Crippen LogP contribution in [0.2, 0.25) is 0 Å². The standard InChI is InChI=1S/C16H31N3O2.HI/c1-5-17-15(18-12(3)11-20-4)19-13-10-14(21-6-2)16(13)8-7-9-16;/h12-14H,5-11H2,1-4H3,(H2,17,18,19);1H. The summed E-state index contributed by atoms with van der Waals surface area (Å²) in [5.74, 6) is 0.910. The summed E-state index contributed by atoms with van der Waals surface area (Å²) in [6.07, 6.45) is 5.42. The van der Waals surface area contributed by atoms with Gasteiger partial charge in [0.15, 0.2) is 5.96 Å². The Morgan fingerprint density at radius 1 is 1.36 bits per heavy atom. The number of guanidine groups is 1. The van der Waals surface area contributed by atoms with Crippen molar-refractivity contribution >= 4 is 29.9 Å². The van der Waals surface area contributed by atoms with Crippen LogP contribution in [0.4, 0.5) is 0 Å². The minimum absolute atomic E-state index is 0. The molecule has 2 N–H and O–H groups in total. The molecule has 2 fully saturated rings. The van der Waals surface area contributed by atoms with Crippen molar-refractivity contribution in [3.05, 3.63) is 0 Å². The van der Waals surface area contributed by atoms with Crippen molar-refractivity contribution in [2.24, 2.45) is 10.4 Å². The number of methoxy groups -OCH3 is 1. The van der Waals surface area contributed by atoms with E-state index in [9.17, 15) is 0 Å². The van der Waals surface area contributed by atoms with Crippen LogP contribution in [-0.4, -0.2) is 51.0 Å². The molecule has 0 aliphatic heterocycles. The Bertz CT molecular complexity index is 361. The molecule has 2 saturated carbocycles. The predicted octanol–water partition coefficient (Wildman–Crippen LogP) is 2.54. The molecule has 0 radical (unpaired) electrons. The summed E-state index contributed by atoms with van der Waals surface area (Å²) < 4.78 is 11.1. The molecule has 0 amide bonds. The fourth-order valence-electron chi connectivity index (χ4n) is 3.62. The van der Waals surface area contributed by atoms with Crippen LogP contribution in [0.25, 0.3) is 0 Å². The van der Waals surface area contributed by atoms with Gasteiger partial charge in [-0.25, -0.2) is 0 Å².